The Morgan fingerprint density at radius 3 is 2.48 bits per heavy atom. The van der Waals surface area contributed by atoms with Gasteiger partial charge in [-0.1, -0.05) is 11.8 Å². The van der Waals surface area contributed by atoms with Gasteiger partial charge in [0.25, 0.3) is 0 Å². The van der Waals surface area contributed by atoms with Gasteiger partial charge in [-0.25, -0.2) is 9.97 Å². The Morgan fingerprint density at radius 2 is 1.87 bits per heavy atom. The van der Waals surface area contributed by atoms with Crippen LogP contribution in [0.25, 0.3) is 0 Å². The molecule has 2 rings (SSSR count). The van der Waals surface area contributed by atoms with E-state index in [0.717, 1.165) is 5.69 Å². The first kappa shape index (κ1) is 17.1. The molecule has 1 heterocycles. The maximum atomic E-state index is 12.6. The van der Waals surface area contributed by atoms with Crippen molar-refractivity contribution in [2.75, 3.05) is 20.0 Å². The number of methoxy groups -OCH3 is 2. The Morgan fingerprint density at radius 1 is 1.17 bits per heavy atom. The number of ketones is 1. The molecule has 23 heavy (non-hydrogen) atoms. The summed E-state index contributed by atoms with van der Waals surface area (Å²) in [6.45, 7) is 3.65. The number of nitrogens with two attached hydrogens (primary N) is 1. The minimum absolute atomic E-state index is 0.0420. The van der Waals surface area contributed by atoms with Gasteiger partial charge in [0.15, 0.2) is 22.4 Å². The molecule has 0 amide bonds. The number of anilines is 1. The van der Waals surface area contributed by atoms with Crippen LogP contribution in [0.3, 0.4) is 0 Å². The van der Waals surface area contributed by atoms with Gasteiger partial charge in [0.2, 0.25) is 0 Å². The highest BCUT2D eigenvalue weighted by Gasteiger charge is 2.20. The van der Waals surface area contributed by atoms with Gasteiger partial charge in [-0.2, -0.15) is 0 Å². The van der Waals surface area contributed by atoms with Gasteiger partial charge in [0.1, 0.15) is 5.82 Å². The second-order valence-corrected chi connectivity index (χ2v) is 6.22. The number of rotatable bonds is 6. The number of aryl methyl sites for hydroxylation is 1. The Hall–Kier alpha value is -2.28. The number of ether oxygens (including phenoxy) is 2. The molecule has 1 atom stereocenters. The number of Topliss-reactive ketones (excluding diaryl/α,β-unsaturated/α-hetero) is 1. The lowest BCUT2D eigenvalue weighted by atomic mass is 10.1. The zero-order valence-corrected chi connectivity index (χ0v) is 14.3. The van der Waals surface area contributed by atoms with Crippen LogP contribution in [0, 0.1) is 6.92 Å². The molecule has 0 aliphatic rings. The average molecular weight is 333 g/mol. The van der Waals surface area contributed by atoms with Crippen LogP contribution in [0.5, 0.6) is 11.5 Å². The molecule has 0 radical (unpaired) electrons. The maximum Gasteiger partial charge on any atom is 0.190 e. The molecule has 0 bridgehead atoms. The first-order chi connectivity index (χ1) is 10.9. The summed E-state index contributed by atoms with van der Waals surface area (Å²) in [5, 5.41) is 0.137. The Kier molecular flexibility index (Phi) is 5.44. The van der Waals surface area contributed by atoms with E-state index in [1.54, 1.807) is 31.4 Å². The predicted molar refractivity (Wildman–Crippen MR) is 90.4 cm³/mol. The van der Waals surface area contributed by atoms with Gasteiger partial charge in [-0.3, -0.25) is 4.79 Å². The van der Waals surface area contributed by atoms with Crippen LogP contribution in [-0.4, -0.2) is 35.2 Å². The van der Waals surface area contributed by atoms with E-state index < -0.39 is 0 Å². The lowest BCUT2D eigenvalue weighted by Crippen LogP contribution is -2.14. The second-order valence-electron chi connectivity index (χ2n) is 4.91. The van der Waals surface area contributed by atoms with Crippen LogP contribution < -0.4 is 15.2 Å². The lowest BCUT2D eigenvalue weighted by Gasteiger charge is -2.12. The molecule has 0 aliphatic carbocycles. The summed E-state index contributed by atoms with van der Waals surface area (Å²) >= 11 is 1.27. The summed E-state index contributed by atoms with van der Waals surface area (Å²) < 4.78 is 10.4. The molecule has 0 saturated heterocycles. The fourth-order valence-corrected chi connectivity index (χ4v) is 2.97. The summed E-state index contributed by atoms with van der Waals surface area (Å²) in [7, 11) is 3.09. The Bertz CT molecular complexity index is 701. The molecule has 0 aliphatic heterocycles. The molecule has 0 unspecified atom stereocenters. The maximum absolute atomic E-state index is 12.6. The molecule has 7 heteroatoms. The van der Waals surface area contributed by atoms with Crippen molar-refractivity contribution in [3.63, 3.8) is 0 Å². The minimum Gasteiger partial charge on any atom is -0.493 e. The quantitative estimate of drug-likeness (QED) is 0.494. The monoisotopic (exact) mass is 333 g/mol. The third-order valence-corrected chi connectivity index (χ3v) is 4.13. The number of nitrogens with zero attached hydrogens (tertiary/aromatic N) is 2. The number of carbonyl (C=O) groups excluding carboxylic acids is 1. The largest absolute Gasteiger partial charge is 0.493 e. The normalized spacial score (nSPS) is 11.8. The van der Waals surface area contributed by atoms with E-state index in [9.17, 15) is 4.79 Å². The highest BCUT2D eigenvalue weighted by molar-refractivity contribution is 8.00. The standard InChI is InChI=1S/C16H19N3O3S/c1-9-7-14(17)19-16(18-9)23-10(2)15(20)11-5-6-12(21-3)13(8-11)22-4/h5-8,10H,1-4H3,(H2,17,18,19)/t10-/m1/s1. The Labute approximate surface area is 139 Å². The molecule has 1 aromatic carbocycles. The number of nitrogen functional groups attached to an aromatic ring is 1. The lowest BCUT2D eigenvalue weighted by molar-refractivity contribution is 0.0993. The van der Waals surface area contributed by atoms with Crippen molar-refractivity contribution in [3.8, 4) is 11.5 Å². The van der Waals surface area contributed by atoms with E-state index in [1.165, 1.54) is 18.9 Å². The SMILES string of the molecule is COc1ccc(C(=O)[C@@H](C)Sc2nc(C)cc(N)n2)cc1OC. The third-order valence-electron chi connectivity index (χ3n) is 3.17. The molecule has 2 aromatic rings. The van der Waals surface area contributed by atoms with Gasteiger partial charge in [0, 0.05) is 17.3 Å². The van der Waals surface area contributed by atoms with Crippen LogP contribution in [0.1, 0.15) is 23.0 Å². The van der Waals surface area contributed by atoms with E-state index in [0.29, 0.717) is 28.0 Å². The molecular weight excluding hydrogens is 314 g/mol. The molecular formula is C16H19N3O3S. The third kappa shape index (κ3) is 4.13. The Balaban J connectivity index is 2.19. The fraction of sp³-hybridized carbons (Fsp3) is 0.312. The van der Waals surface area contributed by atoms with Crippen molar-refractivity contribution < 1.29 is 14.3 Å². The van der Waals surface area contributed by atoms with Crippen molar-refractivity contribution in [2.24, 2.45) is 0 Å². The fourth-order valence-electron chi connectivity index (χ4n) is 2.05. The van der Waals surface area contributed by atoms with Gasteiger partial charge in [-0.15, -0.1) is 0 Å². The minimum atomic E-state index is -0.352. The van der Waals surface area contributed by atoms with Gasteiger partial charge in [-0.05, 0) is 32.0 Å². The molecule has 6 nitrogen and oxygen atoms in total. The van der Waals surface area contributed by atoms with Crippen molar-refractivity contribution in [1.82, 2.24) is 9.97 Å². The zero-order valence-electron chi connectivity index (χ0n) is 13.5. The van der Waals surface area contributed by atoms with E-state index in [4.69, 9.17) is 15.2 Å². The molecule has 0 saturated carbocycles. The first-order valence-electron chi connectivity index (χ1n) is 6.98. The number of aromatic nitrogens is 2. The van der Waals surface area contributed by atoms with E-state index in [1.807, 2.05) is 13.8 Å². The summed E-state index contributed by atoms with van der Waals surface area (Å²) in [5.74, 6) is 1.45. The highest BCUT2D eigenvalue weighted by Crippen LogP contribution is 2.30. The highest BCUT2D eigenvalue weighted by atomic mass is 32.2. The second kappa shape index (κ2) is 7.32. The van der Waals surface area contributed by atoms with Crippen LogP contribution >= 0.6 is 11.8 Å². The molecule has 0 spiro atoms. The summed E-state index contributed by atoms with van der Waals surface area (Å²) in [5.41, 5.74) is 7.03. The zero-order chi connectivity index (χ0) is 17.0. The van der Waals surface area contributed by atoms with Crippen molar-refractivity contribution in [3.05, 3.63) is 35.5 Å². The van der Waals surface area contributed by atoms with E-state index in [2.05, 4.69) is 9.97 Å². The van der Waals surface area contributed by atoms with Crippen molar-refractivity contribution in [1.29, 1.82) is 0 Å². The molecule has 2 N–H and O–H groups in total. The van der Waals surface area contributed by atoms with Crippen LogP contribution in [0.4, 0.5) is 5.82 Å². The number of benzene rings is 1. The van der Waals surface area contributed by atoms with E-state index >= 15 is 0 Å². The molecule has 0 fully saturated rings. The smallest absolute Gasteiger partial charge is 0.190 e. The summed E-state index contributed by atoms with van der Waals surface area (Å²) in [6.07, 6.45) is 0. The van der Waals surface area contributed by atoms with Crippen LogP contribution in [0.2, 0.25) is 0 Å². The predicted octanol–water partition coefficient (Wildman–Crippen LogP) is 2.75. The number of thioether (sulfide) groups is 1. The van der Waals surface area contributed by atoms with Crippen molar-refractivity contribution in [2.45, 2.75) is 24.3 Å². The average Bonchev–Trinajstić information content (AvgIpc) is 2.52. The number of hydrogen-bond acceptors (Lipinski definition) is 7. The summed E-state index contributed by atoms with van der Waals surface area (Å²) in [6, 6.07) is 6.78. The van der Waals surface area contributed by atoms with Gasteiger partial charge >= 0.3 is 0 Å². The van der Waals surface area contributed by atoms with Crippen molar-refractivity contribution >= 4 is 23.4 Å². The first-order valence-corrected chi connectivity index (χ1v) is 7.86. The van der Waals surface area contributed by atoms with Gasteiger partial charge < -0.3 is 15.2 Å². The summed E-state index contributed by atoms with van der Waals surface area (Å²) in [4.78, 5) is 21.0. The number of hydrogen-bond donors (Lipinski definition) is 1. The van der Waals surface area contributed by atoms with Crippen LogP contribution in [-0.2, 0) is 0 Å². The van der Waals surface area contributed by atoms with Crippen LogP contribution in [0.15, 0.2) is 29.4 Å². The van der Waals surface area contributed by atoms with E-state index in [-0.39, 0.29) is 11.0 Å². The molecule has 1 aromatic heterocycles. The van der Waals surface area contributed by atoms with Gasteiger partial charge in [0.05, 0.1) is 19.5 Å². The molecule has 122 valence electrons. The topological polar surface area (TPSA) is 87.3 Å². The number of carbonyl (C=O) groups is 1.